The van der Waals surface area contributed by atoms with Gasteiger partial charge < -0.3 is 4.98 Å². The molecule has 0 amide bonds. The summed E-state index contributed by atoms with van der Waals surface area (Å²) >= 11 is 0. The van der Waals surface area contributed by atoms with Crippen molar-refractivity contribution in [2.75, 3.05) is 0 Å². The van der Waals surface area contributed by atoms with Crippen LogP contribution in [0.25, 0.3) is 27.8 Å². The van der Waals surface area contributed by atoms with E-state index in [1.54, 1.807) is 4.52 Å². The largest absolute Gasteiger partial charge is 0.306 e. The molecular formula is C17H13N3O. The molecule has 4 aromatic rings. The fourth-order valence-corrected chi connectivity index (χ4v) is 2.63. The molecule has 0 saturated heterocycles. The third-order valence-electron chi connectivity index (χ3n) is 3.64. The molecule has 4 heteroatoms. The van der Waals surface area contributed by atoms with E-state index in [1.165, 1.54) is 5.56 Å². The molecule has 0 fully saturated rings. The van der Waals surface area contributed by atoms with Crippen molar-refractivity contribution in [2.24, 2.45) is 0 Å². The predicted molar refractivity (Wildman–Crippen MR) is 83.5 cm³/mol. The number of aromatic amines is 1. The number of aromatic nitrogens is 3. The Hall–Kier alpha value is -2.88. The molecule has 2 aromatic heterocycles. The SMILES string of the molecule is Cc1cccc(-c2cc3[nH]c(=O)c4ccccc4n3n2)c1. The van der Waals surface area contributed by atoms with Gasteiger partial charge in [0.25, 0.3) is 5.56 Å². The lowest BCUT2D eigenvalue weighted by atomic mass is 10.1. The van der Waals surface area contributed by atoms with Crippen molar-refractivity contribution in [3.05, 3.63) is 70.5 Å². The van der Waals surface area contributed by atoms with Crippen molar-refractivity contribution >= 4 is 16.6 Å². The number of rotatable bonds is 1. The van der Waals surface area contributed by atoms with E-state index in [4.69, 9.17) is 0 Å². The molecule has 0 aliphatic heterocycles. The Bertz CT molecular complexity index is 1030. The van der Waals surface area contributed by atoms with Crippen LogP contribution in [0.1, 0.15) is 5.56 Å². The van der Waals surface area contributed by atoms with Gasteiger partial charge in [-0.2, -0.15) is 5.10 Å². The summed E-state index contributed by atoms with van der Waals surface area (Å²) in [6.07, 6.45) is 0. The second-order valence-corrected chi connectivity index (χ2v) is 5.17. The summed E-state index contributed by atoms with van der Waals surface area (Å²) in [6, 6.07) is 17.6. The van der Waals surface area contributed by atoms with Crippen molar-refractivity contribution in [3.8, 4) is 11.3 Å². The average Bonchev–Trinajstić information content (AvgIpc) is 2.92. The number of H-pyrrole nitrogens is 1. The van der Waals surface area contributed by atoms with Crippen LogP contribution < -0.4 is 5.56 Å². The third kappa shape index (κ3) is 1.84. The second-order valence-electron chi connectivity index (χ2n) is 5.17. The molecule has 0 radical (unpaired) electrons. The van der Waals surface area contributed by atoms with Crippen LogP contribution in [0.2, 0.25) is 0 Å². The van der Waals surface area contributed by atoms with Crippen molar-refractivity contribution in [1.29, 1.82) is 0 Å². The Morgan fingerprint density at radius 3 is 2.76 bits per heavy atom. The van der Waals surface area contributed by atoms with Crippen molar-refractivity contribution in [1.82, 2.24) is 14.6 Å². The van der Waals surface area contributed by atoms with Crippen LogP contribution in [-0.2, 0) is 0 Å². The quantitative estimate of drug-likeness (QED) is 0.580. The number of hydrogen-bond donors (Lipinski definition) is 1. The summed E-state index contributed by atoms with van der Waals surface area (Å²) in [5.74, 6) is 0. The Morgan fingerprint density at radius 2 is 1.90 bits per heavy atom. The van der Waals surface area contributed by atoms with E-state index >= 15 is 0 Å². The van der Waals surface area contributed by atoms with E-state index in [2.05, 4.69) is 29.1 Å². The fourth-order valence-electron chi connectivity index (χ4n) is 2.63. The Balaban J connectivity index is 2.07. The zero-order chi connectivity index (χ0) is 14.4. The topological polar surface area (TPSA) is 50.2 Å². The van der Waals surface area contributed by atoms with Gasteiger partial charge in [0, 0.05) is 11.6 Å². The van der Waals surface area contributed by atoms with Gasteiger partial charge in [0.15, 0.2) is 0 Å². The van der Waals surface area contributed by atoms with E-state index in [0.29, 0.717) is 11.0 Å². The summed E-state index contributed by atoms with van der Waals surface area (Å²) in [5, 5.41) is 5.28. The van der Waals surface area contributed by atoms with E-state index in [-0.39, 0.29) is 5.56 Å². The van der Waals surface area contributed by atoms with Gasteiger partial charge in [0.05, 0.1) is 16.6 Å². The first-order valence-corrected chi connectivity index (χ1v) is 6.80. The van der Waals surface area contributed by atoms with Gasteiger partial charge in [-0.25, -0.2) is 4.52 Å². The maximum Gasteiger partial charge on any atom is 0.259 e. The van der Waals surface area contributed by atoms with Gasteiger partial charge in [-0.05, 0) is 25.1 Å². The maximum atomic E-state index is 12.1. The van der Waals surface area contributed by atoms with Gasteiger partial charge in [-0.15, -0.1) is 0 Å². The molecule has 0 aliphatic carbocycles. The number of hydrogen-bond acceptors (Lipinski definition) is 2. The highest BCUT2D eigenvalue weighted by Gasteiger charge is 2.09. The Morgan fingerprint density at radius 1 is 1.05 bits per heavy atom. The van der Waals surface area contributed by atoms with Crippen molar-refractivity contribution in [2.45, 2.75) is 6.92 Å². The first-order chi connectivity index (χ1) is 10.2. The molecule has 1 N–H and O–H groups in total. The molecule has 2 heterocycles. The van der Waals surface area contributed by atoms with Gasteiger partial charge in [-0.1, -0.05) is 35.9 Å². The molecular weight excluding hydrogens is 262 g/mol. The fraction of sp³-hybridized carbons (Fsp3) is 0.0588. The van der Waals surface area contributed by atoms with Crippen LogP contribution in [-0.4, -0.2) is 14.6 Å². The highest BCUT2D eigenvalue weighted by atomic mass is 16.1. The number of nitrogens with one attached hydrogen (secondary N) is 1. The number of aryl methyl sites for hydroxylation is 1. The number of fused-ring (bicyclic) bond motifs is 3. The molecule has 0 aliphatic rings. The minimum absolute atomic E-state index is 0.0891. The normalized spacial score (nSPS) is 11.3. The number of nitrogens with zero attached hydrogens (tertiary/aromatic N) is 2. The van der Waals surface area contributed by atoms with Crippen LogP contribution in [0.3, 0.4) is 0 Å². The lowest BCUT2D eigenvalue weighted by Gasteiger charge is -2.00. The van der Waals surface area contributed by atoms with Crippen molar-refractivity contribution < 1.29 is 0 Å². The minimum Gasteiger partial charge on any atom is -0.306 e. The maximum absolute atomic E-state index is 12.1. The molecule has 2 aromatic carbocycles. The third-order valence-corrected chi connectivity index (χ3v) is 3.64. The Kier molecular flexibility index (Phi) is 2.44. The van der Waals surface area contributed by atoms with E-state index in [1.807, 2.05) is 42.5 Å². The predicted octanol–water partition coefficient (Wildman–Crippen LogP) is 3.15. The van der Waals surface area contributed by atoms with Gasteiger partial charge in [-0.3, -0.25) is 4.79 Å². The average molecular weight is 275 g/mol. The van der Waals surface area contributed by atoms with E-state index in [9.17, 15) is 4.79 Å². The zero-order valence-corrected chi connectivity index (χ0v) is 11.5. The lowest BCUT2D eigenvalue weighted by Crippen LogP contribution is -2.09. The molecule has 0 unspecified atom stereocenters. The molecule has 0 saturated carbocycles. The first kappa shape index (κ1) is 11.9. The standard InChI is InChI=1S/C17H13N3O/c1-11-5-4-6-12(9-11)14-10-16-18-17(21)13-7-2-3-8-15(13)20(16)19-14/h2-10H,1H3,(H,18,21). The van der Waals surface area contributed by atoms with E-state index in [0.717, 1.165) is 16.8 Å². The number of para-hydroxylation sites is 1. The van der Waals surface area contributed by atoms with Crippen LogP contribution in [0.5, 0.6) is 0 Å². The summed E-state index contributed by atoms with van der Waals surface area (Å²) < 4.78 is 1.79. The molecule has 21 heavy (non-hydrogen) atoms. The molecule has 0 spiro atoms. The Labute approximate surface area is 120 Å². The van der Waals surface area contributed by atoms with Gasteiger partial charge >= 0.3 is 0 Å². The molecule has 0 bridgehead atoms. The lowest BCUT2D eigenvalue weighted by molar-refractivity contribution is 0.981. The zero-order valence-electron chi connectivity index (χ0n) is 11.5. The second kappa shape index (κ2) is 4.31. The smallest absolute Gasteiger partial charge is 0.259 e. The van der Waals surface area contributed by atoms with Gasteiger partial charge in [0.1, 0.15) is 5.65 Å². The highest BCUT2D eigenvalue weighted by Crippen LogP contribution is 2.21. The van der Waals surface area contributed by atoms with Crippen LogP contribution in [0.4, 0.5) is 0 Å². The summed E-state index contributed by atoms with van der Waals surface area (Å²) in [7, 11) is 0. The highest BCUT2D eigenvalue weighted by molar-refractivity contribution is 5.81. The summed E-state index contributed by atoms with van der Waals surface area (Å²) in [6.45, 7) is 2.05. The molecule has 4 rings (SSSR count). The van der Waals surface area contributed by atoms with Crippen LogP contribution in [0, 0.1) is 6.92 Å². The first-order valence-electron chi connectivity index (χ1n) is 6.80. The number of benzene rings is 2. The van der Waals surface area contributed by atoms with Crippen LogP contribution >= 0.6 is 0 Å². The van der Waals surface area contributed by atoms with Gasteiger partial charge in [0.2, 0.25) is 0 Å². The van der Waals surface area contributed by atoms with Crippen LogP contribution in [0.15, 0.2) is 59.4 Å². The molecule has 0 atom stereocenters. The summed E-state index contributed by atoms with van der Waals surface area (Å²) in [5.41, 5.74) is 4.51. The minimum atomic E-state index is -0.0891. The van der Waals surface area contributed by atoms with E-state index < -0.39 is 0 Å². The summed E-state index contributed by atoms with van der Waals surface area (Å²) in [4.78, 5) is 15.0. The van der Waals surface area contributed by atoms with Crippen molar-refractivity contribution in [3.63, 3.8) is 0 Å². The molecule has 102 valence electrons. The molecule has 4 nitrogen and oxygen atoms in total. The monoisotopic (exact) mass is 275 g/mol.